The number of carbonyl (C=O) groups excluding carboxylic acids is 1. The molecule has 32 heavy (non-hydrogen) atoms. The fraction of sp³-hybridized carbons (Fsp3) is 0.0833. The van der Waals surface area contributed by atoms with E-state index in [2.05, 4.69) is 27.4 Å². The Balaban J connectivity index is 1.60. The number of hydrogen-bond acceptors (Lipinski definition) is 6. The van der Waals surface area contributed by atoms with E-state index < -0.39 is 0 Å². The van der Waals surface area contributed by atoms with Gasteiger partial charge in [-0.1, -0.05) is 47.7 Å². The maximum Gasteiger partial charge on any atom is 0.234 e. The molecule has 4 N–H and O–H groups in total. The minimum Gasteiger partial charge on any atom is -0.383 e. The van der Waals surface area contributed by atoms with Crippen LogP contribution in [0.4, 0.5) is 11.5 Å². The van der Waals surface area contributed by atoms with Gasteiger partial charge in [0.05, 0.1) is 11.3 Å². The SMILES string of the molecule is Cc1ccc(-c2c(C#N)c(N)nc(SCC(=O)Nc3ccc4cc[nH]c4c3)c2C#N)cc1. The largest absolute Gasteiger partial charge is 0.383 e. The number of thioether (sulfide) groups is 1. The second-order valence-electron chi connectivity index (χ2n) is 7.13. The highest BCUT2D eigenvalue weighted by Gasteiger charge is 2.21. The predicted octanol–water partition coefficient (Wildman–Crippen LogP) is 4.59. The second kappa shape index (κ2) is 8.84. The van der Waals surface area contributed by atoms with Crippen LogP contribution in [0.15, 0.2) is 59.8 Å². The molecule has 0 spiro atoms. The fourth-order valence-corrected chi connectivity index (χ4v) is 4.16. The maximum absolute atomic E-state index is 12.5. The van der Waals surface area contributed by atoms with E-state index in [4.69, 9.17) is 5.73 Å². The Morgan fingerprint density at radius 2 is 1.88 bits per heavy atom. The zero-order chi connectivity index (χ0) is 22.7. The van der Waals surface area contributed by atoms with E-state index >= 15 is 0 Å². The molecule has 0 fully saturated rings. The molecule has 0 aliphatic heterocycles. The van der Waals surface area contributed by atoms with Gasteiger partial charge in [-0.2, -0.15) is 10.5 Å². The van der Waals surface area contributed by atoms with E-state index in [1.165, 1.54) is 0 Å². The minimum absolute atomic E-state index is 0.0298. The molecule has 2 aromatic heterocycles. The van der Waals surface area contributed by atoms with Crippen LogP contribution in [-0.4, -0.2) is 21.6 Å². The van der Waals surface area contributed by atoms with E-state index in [0.717, 1.165) is 28.2 Å². The van der Waals surface area contributed by atoms with Crippen LogP contribution in [0, 0.1) is 29.6 Å². The number of pyridine rings is 1. The molecular formula is C24H18N6OS. The average Bonchev–Trinajstić information content (AvgIpc) is 3.25. The molecule has 0 bridgehead atoms. The Labute approximate surface area is 188 Å². The molecule has 4 rings (SSSR count). The predicted molar refractivity (Wildman–Crippen MR) is 126 cm³/mol. The summed E-state index contributed by atoms with van der Waals surface area (Å²) in [5, 5.41) is 23.7. The van der Waals surface area contributed by atoms with Gasteiger partial charge in [-0.3, -0.25) is 4.79 Å². The lowest BCUT2D eigenvalue weighted by Crippen LogP contribution is -2.14. The molecular weight excluding hydrogens is 420 g/mol. The van der Waals surface area contributed by atoms with Crippen molar-refractivity contribution in [1.29, 1.82) is 10.5 Å². The molecule has 0 saturated carbocycles. The number of aryl methyl sites for hydroxylation is 1. The summed E-state index contributed by atoms with van der Waals surface area (Å²) >= 11 is 1.11. The Morgan fingerprint density at radius 3 is 2.59 bits per heavy atom. The molecule has 2 heterocycles. The molecule has 156 valence electrons. The number of aromatic nitrogens is 2. The fourth-order valence-electron chi connectivity index (χ4n) is 3.37. The molecule has 2 aromatic carbocycles. The van der Waals surface area contributed by atoms with Crippen molar-refractivity contribution in [2.75, 3.05) is 16.8 Å². The molecule has 1 amide bonds. The zero-order valence-corrected chi connectivity index (χ0v) is 18.0. The zero-order valence-electron chi connectivity index (χ0n) is 17.1. The summed E-state index contributed by atoms with van der Waals surface area (Å²) in [6.45, 7) is 1.95. The van der Waals surface area contributed by atoms with Crippen LogP contribution in [0.1, 0.15) is 16.7 Å². The smallest absolute Gasteiger partial charge is 0.234 e. The summed E-state index contributed by atoms with van der Waals surface area (Å²) in [5.74, 6) is -0.183. The van der Waals surface area contributed by atoms with E-state index in [1.807, 2.05) is 61.7 Å². The van der Waals surface area contributed by atoms with E-state index in [-0.39, 0.29) is 28.6 Å². The van der Waals surface area contributed by atoms with E-state index in [1.54, 1.807) is 0 Å². The molecule has 0 radical (unpaired) electrons. The summed E-state index contributed by atoms with van der Waals surface area (Å²) < 4.78 is 0. The highest BCUT2D eigenvalue weighted by molar-refractivity contribution is 8.00. The summed E-state index contributed by atoms with van der Waals surface area (Å²) in [4.78, 5) is 19.9. The molecule has 4 aromatic rings. The minimum atomic E-state index is -0.244. The van der Waals surface area contributed by atoms with Crippen LogP contribution in [0.2, 0.25) is 0 Å². The number of nitrogens with zero attached hydrogens (tertiary/aromatic N) is 3. The maximum atomic E-state index is 12.5. The van der Waals surface area contributed by atoms with Crippen LogP contribution in [0.3, 0.4) is 0 Å². The molecule has 0 aliphatic rings. The van der Waals surface area contributed by atoms with Gasteiger partial charge >= 0.3 is 0 Å². The van der Waals surface area contributed by atoms with Crippen LogP contribution < -0.4 is 11.1 Å². The third-order valence-corrected chi connectivity index (χ3v) is 5.91. The Bertz CT molecular complexity index is 1410. The van der Waals surface area contributed by atoms with Gasteiger partial charge in [0, 0.05) is 23.0 Å². The van der Waals surface area contributed by atoms with Gasteiger partial charge in [-0.15, -0.1) is 0 Å². The van der Waals surface area contributed by atoms with Crippen molar-refractivity contribution in [1.82, 2.24) is 9.97 Å². The quantitative estimate of drug-likeness (QED) is 0.390. The number of hydrogen-bond donors (Lipinski definition) is 3. The topological polar surface area (TPSA) is 131 Å². The highest BCUT2D eigenvalue weighted by atomic mass is 32.2. The Hall–Kier alpha value is -4.27. The van der Waals surface area contributed by atoms with Crippen LogP contribution >= 0.6 is 11.8 Å². The van der Waals surface area contributed by atoms with Crippen molar-refractivity contribution in [3.05, 3.63) is 71.4 Å². The first-order valence-corrected chi connectivity index (χ1v) is 10.7. The number of aromatic amines is 1. The molecule has 7 nitrogen and oxygen atoms in total. The lowest BCUT2D eigenvalue weighted by atomic mass is 9.96. The Morgan fingerprint density at radius 1 is 1.12 bits per heavy atom. The summed E-state index contributed by atoms with van der Waals surface area (Å²) in [7, 11) is 0. The summed E-state index contributed by atoms with van der Waals surface area (Å²) in [6, 6.07) is 19.2. The van der Waals surface area contributed by atoms with Gasteiger partial charge in [0.15, 0.2) is 0 Å². The molecule has 0 saturated heterocycles. The van der Waals surface area contributed by atoms with Gasteiger partial charge < -0.3 is 16.0 Å². The van der Waals surface area contributed by atoms with Crippen molar-refractivity contribution in [2.24, 2.45) is 0 Å². The van der Waals surface area contributed by atoms with Gasteiger partial charge in [0.1, 0.15) is 28.5 Å². The first kappa shape index (κ1) is 21.0. The number of nitriles is 2. The van der Waals surface area contributed by atoms with Gasteiger partial charge in [0.2, 0.25) is 5.91 Å². The van der Waals surface area contributed by atoms with Gasteiger partial charge in [-0.05, 0) is 36.1 Å². The van der Waals surface area contributed by atoms with Crippen molar-refractivity contribution >= 4 is 40.1 Å². The van der Waals surface area contributed by atoms with Crippen LogP contribution in [0.25, 0.3) is 22.0 Å². The van der Waals surface area contributed by atoms with E-state index in [0.29, 0.717) is 21.8 Å². The number of fused-ring (bicyclic) bond motifs is 1. The van der Waals surface area contributed by atoms with Crippen LogP contribution in [0.5, 0.6) is 0 Å². The molecule has 0 unspecified atom stereocenters. The third-order valence-electron chi connectivity index (χ3n) is 4.93. The second-order valence-corrected chi connectivity index (χ2v) is 8.10. The molecule has 0 aliphatic carbocycles. The number of rotatable bonds is 5. The van der Waals surface area contributed by atoms with Gasteiger partial charge in [0.25, 0.3) is 0 Å². The van der Waals surface area contributed by atoms with Crippen molar-refractivity contribution in [3.8, 4) is 23.3 Å². The molecule has 8 heteroatoms. The lowest BCUT2D eigenvalue weighted by Gasteiger charge is -2.13. The first-order chi connectivity index (χ1) is 15.5. The van der Waals surface area contributed by atoms with Crippen molar-refractivity contribution in [2.45, 2.75) is 11.9 Å². The lowest BCUT2D eigenvalue weighted by molar-refractivity contribution is -0.113. The van der Waals surface area contributed by atoms with Crippen LogP contribution in [-0.2, 0) is 4.79 Å². The number of carbonyl (C=O) groups is 1. The van der Waals surface area contributed by atoms with E-state index in [9.17, 15) is 15.3 Å². The number of nitrogens with one attached hydrogen (secondary N) is 2. The molecule has 0 atom stereocenters. The number of nitrogens with two attached hydrogens (primary N) is 1. The number of amides is 1. The first-order valence-electron chi connectivity index (χ1n) is 9.70. The van der Waals surface area contributed by atoms with Crippen molar-refractivity contribution < 1.29 is 4.79 Å². The number of anilines is 2. The standard InChI is InChI=1S/C24H18N6OS/c1-14-2-4-16(5-3-14)22-18(11-25)23(27)30-24(19(22)12-26)32-13-21(31)29-17-7-6-15-8-9-28-20(15)10-17/h2-10,28H,13H2,1H3,(H2,27,30)(H,29,31). The number of H-pyrrole nitrogens is 1. The van der Waals surface area contributed by atoms with Gasteiger partial charge in [-0.25, -0.2) is 4.98 Å². The monoisotopic (exact) mass is 438 g/mol. The average molecular weight is 439 g/mol. The normalized spacial score (nSPS) is 10.5. The highest BCUT2D eigenvalue weighted by Crippen LogP contribution is 2.35. The number of nitrogen functional groups attached to an aromatic ring is 1. The Kier molecular flexibility index (Phi) is 5.80. The number of benzene rings is 2. The third kappa shape index (κ3) is 4.13. The van der Waals surface area contributed by atoms with Crippen molar-refractivity contribution in [3.63, 3.8) is 0 Å². The summed E-state index contributed by atoms with van der Waals surface area (Å²) in [5.41, 5.74) is 10.2. The summed E-state index contributed by atoms with van der Waals surface area (Å²) in [6.07, 6.45) is 1.84.